The van der Waals surface area contributed by atoms with Gasteiger partial charge >= 0.3 is 6.03 Å². The highest BCUT2D eigenvalue weighted by Crippen LogP contribution is 2.55. The molecule has 1 heterocycles. The van der Waals surface area contributed by atoms with Gasteiger partial charge in [-0.2, -0.15) is 5.10 Å². The Hall–Kier alpha value is -2.70. The van der Waals surface area contributed by atoms with Crippen molar-refractivity contribution in [2.75, 3.05) is 18.5 Å². The fraction of sp³-hybridized carbons (Fsp3) is 0.600. The number of anilines is 1. The van der Waals surface area contributed by atoms with E-state index < -0.39 is 0 Å². The Morgan fingerprint density at radius 2 is 1.72 bits per heavy atom. The molecule has 4 aliphatic rings. The lowest BCUT2D eigenvalue weighted by Crippen LogP contribution is -2.60. The Morgan fingerprint density at radius 1 is 1.06 bits per heavy atom. The minimum Gasteiger partial charge on any atom is -0.490 e. The number of nitrogens with one attached hydrogen (secondary N) is 2. The van der Waals surface area contributed by atoms with Crippen molar-refractivity contribution in [3.05, 3.63) is 36.2 Å². The molecule has 7 heteroatoms. The molecule has 32 heavy (non-hydrogen) atoms. The van der Waals surface area contributed by atoms with Gasteiger partial charge in [-0.05, 0) is 87.8 Å². The number of rotatable bonds is 8. The summed E-state index contributed by atoms with van der Waals surface area (Å²) in [5, 5.41) is 10.8. The minimum absolute atomic E-state index is 0.00676. The molecule has 2 amide bonds. The Labute approximate surface area is 189 Å². The molecule has 6 rings (SSSR count). The quantitative estimate of drug-likeness (QED) is 0.619. The summed E-state index contributed by atoms with van der Waals surface area (Å²) < 4.78 is 13.2. The summed E-state index contributed by atoms with van der Waals surface area (Å²) in [6.07, 6.45) is 11.1. The van der Waals surface area contributed by atoms with Crippen molar-refractivity contribution in [2.45, 2.75) is 64.5 Å². The first-order valence-electron chi connectivity index (χ1n) is 12.0. The number of urea groups is 1. The summed E-state index contributed by atoms with van der Waals surface area (Å²) in [6, 6.07) is 5.84. The van der Waals surface area contributed by atoms with Crippen LogP contribution in [0.2, 0.25) is 0 Å². The molecule has 2 N–H and O–H groups in total. The van der Waals surface area contributed by atoms with Crippen molar-refractivity contribution in [3.8, 4) is 11.5 Å². The van der Waals surface area contributed by atoms with Crippen molar-refractivity contribution in [3.63, 3.8) is 0 Å². The van der Waals surface area contributed by atoms with Crippen LogP contribution in [0, 0.1) is 17.8 Å². The summed E-state index contributed by atoms with van der Waals surface area (Å²) in [4.78, 5) is 12.8. The normalized spacial score (nSPS) is 27.9. The Kier molecular flexibility index (Phi) is 5.74. The molecule has 0 saturated heterocycles. The molecule has 172 valence electrons. The van der Waals surface area contributed by atoms with E-state index in [4.69, 9.17) is 9.47 Å². The lowest BCUT2D eigenvalue weighted by molar-refractivity contribution is -0.0127. The van der Waals surface area contributed by atoms with E-state index in [1.807, 2.05) is 42.9 Å². The topological polar surface area (TPSA) is 77.4 Å². The first-order valence-corrected chi connectivity index (χ1v) is 12.0. The van der Waals surface area contributed by atoms with Crippen molar-refractivity contribution in [1.82, 2.24) is 15.1 Å². The molecular weight excluding hydrogens is 404 g/mol. The van der Waals surface area contributed by atoms with Gasteiger partial charge in [0.05, 0.1) is 31.6 Å². The number of nitrogens with zero attached hydrogens (tertiary/aromatic N) is 2. The van der Waals surface area contributed by atoms with Crippen LogP contribution in [-0.2, 0) is 6.54 Å². The van der Waals surface area contributed by atoms with Gasteiger partial charge in [0.15, 0.2) is 11.5 Å². The fourth-order valence-corrected chi connectivity index (χ4v) is 6.56. The van der Waals surface area contributed by atoms with Crippen LogP contribution in [0.15, 0.2) is 30.6 Å². The zero-order valence-electron chi connectivity index (χ0n) is 19.1. The SMILES string of the molecule is CCOc1ccc(Cn2cc(NC(=O)NC34CC5CC(CC(C5)C3)C4)cn2)cc1OCC. The van der Waals surface area contributed by atoms with Gasteiger partial charge in [0.2, 0.25) is 0 Å². The zero-order chi connectivity index (χ0) is 22.1. The van der Waals surface area contributed by atoms with E-state index in [0.717, 1.165) is 54.1 Å². The molecule has 7 nitrogen and oxygen atoms in total. The summed E-state index contributed by atoms with van der Waals surface area (Å²) in [7, 11) is 0. The largest absolute Gasteiger partial charge is 0.490 e. The third kappa shape index (κ3) is 4.43. The maximum absolute atomic E-state index is 12.8. The van der Waals surface area contributed by atoms with E-state index >= 15 is 0 Å². The Morgan fingerprint density at radius 3 is 2.38 bits per heavy atom. The van der Waals surface area contributed by atoms with E-state index in [2.05, 4.69) is 15.7 Å². The van der Waals surface area contributed by atoms with Crippen LogP contribution in [0.3, 0.4) is 0 Å². The predicted octanol–water partition coefficient (Wildman–Crippen LogP) is 4.82. The van der Waals surface area contributed by atoms with Crippen LogP contribution in [0.1, 0.15) is 57.9 Å². The highest BCUT2D eigenvalue weighted by atomic mass is 16.5. The van der Waals surface area contributed by atoms with E-state index in [-0.39, 0.29) is 11.6 Å². The van der Waals surface area contributed by atoms with Gasteiger partial charge < -0.3 is 20.1 Å². The first-order chi connectivity index (χ1) is 15.5. The van der Waals surface area contributed by atoms with Gasteiger partial charge in [-0.15, -0.1) is 0 Å². The molecule has 4 fully saturated rings. The van der Waals surface area contributed by atoms with Gasteiger partial charge in [-0.3, -0.25) is 4.68 Å². The maximum atomic E-state index is 12.8. The summed E-state index contributed by atoms with van der Waals surface area (Å²) in [5.41, 5.74) is 1.78. The van der Waals surface area contributed by atoms with Gasteiger partial charge in [0.25, 0.3) is 0 Å². The zero-order valence-corrected chi connectivity index (χ0v) is 19.1. The smallest absolute Gasteiger partial charge is 0.319 e. The average Bonchev–Trinajstić information content (AvgIpc) is 3.15. The lowest BCUT2D eigenvalue weighted by Gasteiger charge is -2.56. The van der Waals surface area contributed by atoms with Crippen LogP contribution in [0.5, 0.6) is 11.5 Å². The molecule has 4 saturated carbocycles. The van der Waals surface area contributed by atoms with Crippen LogP contribution < -0.4 is 20.1 Å². The van der Waals surface area contributed by atoms with Crippen molar-refractivity contribution in [2.24, 2.45) is 17.8 Å². The molecule has 0 unspecified atom stereocenters. The monoisotopic (exact) mass is 438 g/mol. The number of amides is 2. The predicted molar refractivity (Wildman–Crippen MR) is 123 cm³/mol. The molecule has 0 aliphatic heterocycles. The third-order valence-corrected chi connectivity index (χ3v) is 7.26. The number of ether oxygens (including phenoxy) is 2. The van der Waals surface area contributed by atoms with E-state index in [0.29, 0.717) is 25.4 Å². The number of hydrogen-bond acceptors (Lipinski definition) is 4. The second kappa shape index (κ2) is 8.68. The Bertz CT molecular complexity index is 935. The van der Waals surface area contributed by atoms with Crippen LogP contribution in [0.25, 0.3) is 0 Å². The molecule has 0 atom stereocenters. The molecular formula is C25H34N4O3. The number of benzene rings is 1. The average molecular weight is 439 g/mol. The number of carbonyl (C=O) groups is 1. The molecule has 1 aromatic carbocycles. The van der Waals surface area contributed by atoms with Crippen LogP contribution in [0.4, 0.5) is 10.5 Å². The molecule has 2 aromatic rings. The first kappa shape index (κ1) is 21.2. The number of carbonyl (C=O) groups excluding carboxylic acids is 1. The molecule has 1 aromatic heterocycles. The molecule has 0 radical (unpaired) electrons. The second-order valence-electron chi connectivity index (χ2n) is 9.85. The maximum Gasteiger partial charge on any atom is 0.319 e. The molecule has 4 aliphatic carbocycles. The highest BCUT2D eigenvalue weighted by molar-refractivity contribution is 5.89. The summed E-state index contributed by atoms with van der Waals surface area (Å²) >= 11 is 0. The van der Waals surface area contributed by atoms with Crippen molar-refractivity contribution in [1.29, 1.82) is 0 Å². The minimum atomic E-state index is -0.105. The van der Waals surface area contributed by atoms with E-state index in [1.54, 1.807) is 6.20 Å². The number of hydrogen-bond donors (Lipinski definition) is 2. The fourth-order valence-electron chi connectivity index (χ4n) is 6.56. The third-order valence-electron chi connectivity index (χ3n) is 7.26. The van der Waals surface area contributed by atoms with Crippen molar-refractivity contribution >= 4 is 11.7 Å². The Balaban J connectivity index is 1.20. The van der Waals surface area contributed by atoms with Gasteiger partial charge in [0.1, 0.15) is 0 Å². The molecule has 4 bridgehead atoms. The van der Waals surface area contributed by atoms with E-state index in [1.165, 1.54) is 19.3 Å². The lowest BCUT2D eigenvalue weighted by atomic mass is 9.53. The van der Waals surface area contributed by atoms with Crippen LogP contribution in [-0.4, -0.2) is 34.6 Å². The van der Waals surface area contributed by atoms with Gasteiger partial charge in [-0.1, -0.05) is 6.07 Å². The standard InChI is InChI=1S/C25H34N4O3/c1-3-31-22-6-5-17(10-23(22)32-4-2)15-29-16-21(14-26-29)27-24(30)28-25-11-18-7-19(12-25)9-20(8-18)13-25/h5-6,10,14,16,18-20H,3-4,7-9,11-13,15H2,1-2H3,(H2,27,28,30). The second-order valence-corrected chi connectivity index (χ2v) is 9.85. The van der Waals surface area contributed by atoms with E-state index in [9.17, 15) is 4.79 Å². The number of aromatic nitrogens is 2. The van der Waals surface area contributed by atoms with Crippen LogP contribution >= 0.6 is 0 Å². The summed E-state index contributed by atoms with van der Waals surface area (Å²) in [5.74, 6) is 3.91. The van der Waals surface area contributed by atoms with Gasteiger partial charge in [-0.25, -0.2) is 4.79 Å². The van der Waals surface area contributed by atoms with Crippen molar-refractivity contribution < 1.29 is 14.3 Å². The summed E-state index contributed by atoms with van der Waals surface area (Å²) in [6.45, 7) is 5.69. The molecule has 0 spiro atoms. The highest BCUT2D eigenvalue weighted by Gasteiger charge is 2.51. The van der Waals surface area contributed by atoms with Gasteiger partial charge in [0, 0.05) is 11.7 Å².